The summed E-state index contributed by atoms with van der Waals surface area (Å²) >= 11 is 0. The van der Waals surface area contributed by atoms with Crippen molar-refractivity contribution in [3.05, 3.63) is 42.7 Å². The minimum Gasteiger partial charge on any atom is -0.493 e. The molecule has 2 aromatic rings. The number of rotatable bonds is 4. The maximum atomic E-state index is 5.68. The third-order valence-electron chi connectivity index (χ3n) is 2.18. The topological polar surface area (TPSA) is 40.6 Å². The maximum absolute atomic E-state index is 5.68. The van der Waals surface area contributed by atoms with Gasteiger partial charge in [-0.15, -0.1) is 0 Å². The first kappa shape index (κ1) is 11.3. The minimum atomic E-state index is 0.527. The Balaban J connectivity index is 2.37. The van der Waals surface area contributed by atoms with Crippen LogP contribution in [0.15, 0.2) is 36.7 Å². The number of nitrogens with zero attached hydrogens (tertiary/aromatic N) is 1. The molecule has 0 fully saturated rings. The van der Waals surface area contributed by atoms with Crippen LogP contribution in [-0.4, -0.2) is 19.2 Å². The van der Waals surface area contributed by atoms with Crippen LogP contribution in [0.3, 0.4) is 0 Å². The van der Waals surface area contributed by atoms with Crippen LogP contribution in [-0.2, 0) is 0 Å². The molecule has 1 heterocycles. The Morgan fingerprint density at radius 2 is 1.82 bits per heavy atom. The number of hydrogen-bond acceptors (Lipinski definition) is 4. The second kappa shape index (κ2) is 5.21. The average molecular weight is 230 g/mol. The zero-order valence-electron chi connectivity index (χ0n) is 9.64. The van der Waals surface area contributed by atoms with E-state index < -0.39 is 0 Å². The Hall–Kier alpha value is -2.23. The maximum Gasteiger partial charge on any atom is 0.211 e. The van der Waals surface area contributed by atoms with Gasteiger partial charge in [-0.2, -0.15) is 0 Å². The molecule has 0 aliphatic heterocycles. The monoisotopic (exact) mass is 230 g/mol. The number of benzene rings is 1. The van der Waals surface area contributed by atoms with Gasteiger partial charge in [-0.1, -0.05) is 6.07 Å². The summed E-state index contributed by atoms with van der Waals surface area (Å²) in [5.74, 6) is 2.32. The van der Waals surface area contributed by atoms with E-state index in [0.717, 1.165) is 0 Å². The molecule has 0 unspecified atom stereocenters. The summed E-state index contributed by atoms with van der Waals surface area (Å²) in [6.07, 6.45) is 3.16. The smallest absolute Gasteiger partial charge is 0.211 e. The number of aromatic nitrogens is 1. The first-order valence-corrected chi connectivity index (χ1v) is 5.05. The normalized spacial score (nSPS) is 9.76. The molecule has 87 valence electrons. The van der Waals surface area contributed by atoms with Gasteiger partial charge in [0.15, 0.2) is 11.5 Å². The van der Waals surface area contributed by atoms with E-state index in [1.54, 1.807) is 44.8 Å². The van der Waals surface area contributed by atoms with E-state index in [1.807, 2.05) is 6.07 Å². The van der Waals surface area contributed by atoms with Gasteiger partial charge in [-0.05, 0) is 18.2 Å². The van der Waals surface area contributed by atoms with E-state index in [2.05, 4.69) is 11.1 Å². The molecule has 0 saturated heterocycles. The predicted octanol–water partition coefficient (Wildman–Crippen LogP) is 2.69. The van der Waals surface area contributed by atoms with E-state index in [1.165, 1.54) is 0 Å². The molecule has 4 nitrogen and oxygen atoms in total. The first-order chi connectivity index (χ1) is 8.35. The Labute approximate surface area is 99.8 Å². The van der Waals surface area contributed by atoms with Crippen molar-refractivity contribution in [2.45, 2.75) is 0 Å². The summed E-state index contributed by atoms with van der Waals surface area (Å²) in [6.45, 7) is 0. The zero-order chi connectivity index (χ0) is 12.1. The van der Waals surface area contributed by atoms with Crippen molar-refractivity contribution in [3.63, 3.8) is 0 Å². The Kier molecular flexibility index (Phi) is 3.45. The number of pyridine rings is 1. The number of methoxy groups -OCH3 is 2. The van der Waals surface area contributed by atoms with E-state index >= 15 is 0 Å². The van der Waals surface area contributed by atoms with Gasteiger partial charge in [-0.3, -0.25) is 4.98 Å². The van der Waals surface area contributed by atoms with E-state index in [4.69, 9.17) is 14.2 Å². The molecule has 0 atom stereocenters. The van der Waals surface area contributed by atoms with E-state index in [0.29, 0.717) is 23.0 Å². The second-order valence-corrected chi connectivity index (χ2v) is 3.21. The molecule has 0 spiro atoms. The van der Waals surface area contributed by atoms with Crippen molar-refractivity contribution in [1.82, 2.24) is 4.98 Å². The minimum absolute atomic E-state index is 0.527. The largest absolute Gasteiger partial charge is 0.493 e. The molecule has 0 aliphatic rings. The zero-order valence-corrected chi connectivity index (χ0v) is 9.64. The van der Waals surface area contributed by atoms with Crippen molar-refractivity contribution < 1.29 is 14.2 Å². The molecular formula is C13H12NO3. The van der Waals surface area contributed by atoms with Crippen LogP contribution in [0.5, 0.6) is 23.0 Å². The fourth-order valence-electron chi connectivity index (χ4n) is 1.40. The summed E-state index contributed by atoms with van der Waals surface area (Å²) in [6, 6.07) is 9.97. The Morgan fingerprint density at radius 1 is 1.12 bits per heavy atom. The molecule has 0 N–H and O–H groups in total. The molecule has 0 aliphatic carbocycles. The lowest BCUT2D eigenvalue weighted by molar-refractivity contribution is 0.346. The van der Waals surface area contributed by atoms with Crippen LogP contribution < -0.4 is 14.2 Å². The van der Waals surface area contributed by atoms with Crippen LogP contribution in [0.1, 0.15) is 0 Å². The SMILES string of the molecule is COc1cccc(OC)c1Oc1c[c]cnc1. The van der Waals surface area contributed by atoms with Crippen molar-refractivity contribution in [2.75, 3.05) is 14.2 Å². The van der Waals surface area contributed by atoms with Crippen molar-refractivity contribution in [3.8, 4) is 23.0 Å². The van der Waals surface area contributed by atoms with Crippen LogP contribution in [0.4, 0.5) is 0 Å². The van der Waals surface area contributed by atoms with Gasteiger partial charge in [0.1, 0.15) is 5.75 Å². The lowest BCUT2D eigenvalue weighted by Gasteiger charge is -2.13. The summed E-state index contributed by atoms with van der Waals surface area (Å²) < 4.78 is 16.1. The summed E-state index contributed by atoms with van der Waals surface area (Å²) in [5, 5.41) is 0. The van der Waals surface area contributed by atoms with Gasteiger partial charge >= 0.3 is 0 Å². The third kappa shape index (κ3) is 2.47. The lowest BCUT2D eigenvalue weighted by Crippen LogP contribution is -1.94. The van der Waals surface area contributed by atoms with Gasteiger partial charge in [-0.25, -0.2) is 0 Å². The summed E-state index contributed by atoms with van der Waals surface area (Å²) in [4.78, 5) is 3.93. The molecule has 0 bridgehead atoms. The number of hydrogen-bond donors (Lipinski definition) is 0. The second-order valence-electron chi connectivity index (χ2n) is 3.21. The fraction of sp³-hybridized carbons (Fsp3) is 0.154. The van der Waals surface area contributed by atoms with Crippen LogP contribution in [0.25, 0.3) is 0 Å². The van der Waals surface area contributed by atoms with Gasteiger partial charge < -0.3 is 14.2 Å². The quantitative estimate of drug-likeness (QED) is 0.809. The number of ether oxygens (including phenoxy) is 3. The van der Waals surface area contributed by atoms with E-state index in [-0.39, 0.29) is 0 Å². The molecule has 2 rings (SSSR count). The molecule has 1 aromatic carbocycles. The van der Waals surface area contributed by atoms with Crippen LogP contribution in [0, 0.1) is 6.07 Å². The Bertz CT molecular complexity index is 463. The molecule has 17 heavy (non-hydrogen) atoms. The molecule has 1 radical (unpaired) electrons. The third-order valence-corrected chi connectivity index (χ3v) is 2.18. The van der Waals surface area contributed by atoms with Crippen molar-refractivity contribution in [2.24, 2.45) is 0 Å². The molecule has 0 saturated carbocycles. The van der Waals surface area contributed by atoms with Crippen LogP contribution >= 0.6 is 0 Å². The summed E-state index contributed by atoms with van der Waals surface area (Å²) in [7, 11) is 3.16. The molecule has 0 amide bonds. The standard InChI is InChI=1S/C13H12NO3/c1-15-11-6-3-7-12(16-2)13(11)17-10-5-4-8-14-9-10/h3,5-9H,1-2H3. The highest BCUT2D eigenvalue weighted by molar-refractivity contribution is 5.52. The van der Waals surface area contributed by atoms with Gasteiger partial charge in [0, 0.05) is 12.3 Å². The molecule has 4 heteroatoms. The Morgan fingerprint density at radius 3 is 2.35 bits per heavy atom. The number of para-hydroxylation sites is 1. The average Bonchev–Trinajstić information content (AvgIpc) is 2.40. The highest BCUT2D eigenvalue weighted by Crippen LogP contribution is 2.39. The van der Waals surface area contributed by atoms with Gasteiger partial charge in [0.05, 0.1) is 20.4 Å². The lowest BCUT2D eigenvalue weighted by atomic mass is 10.3. The fourth-order valence-corrected chi connectivity index (χ4v) is 1.40. The highest BCUT2D eigenvalue weighted by atomic mass is 16.5. The van der Waals surface area contributed by atoms with Gasteiger partial charge in [0.25, 0.3) is 0 Å². The van der Waals surface area contributed by atoms with Crippen molar-refractivity contribution in [1.29, 1.82) is 0 Å². The predicted molar refractivity (Wildman–Crippen MR) is 62.7 cm³/mol. The van der Waals surface area contributed by atoms with E-state index in [9.17, 15) is 0 Å². The van der Waals surface area contributed by atoms with Crippen LogP contribution in [0.2, 0.25) is 0 Å². The molecule has 1 aromatic heterocycles. The first-order valence-electron chi connectivity index (χ1n) is 5.05. The van der Waals surface area contributed by atoms with Crippen molar-refractivity contribution >= 4 is 0 Å². The van der Waals surface area contributed by atoms with Gasteiger partial charge in [0.2, 0.25) is 5.75 Å². The molecular weight excluding hydrogens is 218 g/mol. The highest BCUT2D eigenvalue weighted by Gasteiger charge is 2.12. The summed E-state index contributed by atoms with van der Waals surface area (Å²) in [5.41, 5.74) is 0.